The van der Waals surface area contributed by atoms with E-state index in [2.05, 4.69) is 11.5 Å². The van der Waals surface area contributed by atoms with Crippen LogP contribution >= 0.6 is 0 Å². The van der Waals surface area contributed by atoms with Gasteiger partial charge in [-0.15, -0.1) is 12.1 Å². The number of para-hydroxylation sites is 1. The summed E-state index contributed by atoms with van der Waals surface area (Å²) in [6.45, 7) is 4.02. The fraction of sp³-hybridized carbons (Fsp3) is 0.200. The summed E-state index contributed by atoms with van der Waals surface area (Å²) < 4.78 is 1.51. The van der Waals surface area contributed by atoms with E-state index in [9.17, 15) is 9.90 Å². The number of benzene rings is 1. The Balaban J connectivity index is 2.10. The summed E-state index contributed by atoms with van der Waals surface area (Å²) >= 11 is 0. The van der Waals surface area contributed by atoms with Gasteiger partial charge in [-0.2, -0.15) is 0 Å². The Kier molecular flexibility index (Phi) is 3.80. The number of rotatable bonds is 3. The molecule has 0 radical (unpaired) electrons. The Bertz CT molecular complexity index is 589. The van der Waals surface area contributed by atoms with Crippen LogP contribution in [0.2, 0.25) is 0 Å². The minimum Gasteiger partial charge on any atom is -0.528 e. The zero-order valence-corrected chi connectivity index (χ0v) is 11.0. The number of carbonyl (C=O) groups is 1. The topological polar surface area (TPSA) is 53.2 Å². The molecular formula is C15H16N2O2. The van der Waals surface area contributed by atoms with Crippen LogP contribution < -0.4 is 9.88 Å². The van der Waals surface area contributed by atoms with Crippen LogP contribution in [-0.2, 0) is 11.3 Å². The number of aromatic nitrogens is 1. The molecule has 0 saturated heterocycles. The summed E-state index contributed by atoms with van der Waals surface area (Å²) in [7, 11) is 0. The van der Waals surface area contributed by atoms with Crippen molar-refractivity contribution in [2.75, 3.05) is 5.32 Å². The van der Waals surface area contributed by atoms with Gasteiger partial charge in [0.2, 0.25) is 6.54 Å². The van der Waals surface area contributed by atoms with Gasteiger partial charge < -0.3 is 10.4 Å². The number of aromatic hydroxyl groups is 1. The maximum Gasteiger partial charge on any atom is 0.288 e. The second-order valence-electron chi connectivity index (χ2n) is 4.45. The molecule has 0 bridgehead atoms. The molecule has 0 aliphatic carbocycles. The highest BCUT2D eigenvalue weighted by atomic mass is 16.3. The van der Waals surface area contributed by atoms with Gasteiger partial charge >= 0.3 is 0 Å². The van der Waals surface area contributed by atoms with E-state index in [0.29, 0.717) is 0 Å². The number of aryl methyl sites for hydroxylation is 2. The molecule has 1 heterocycles. The van der Waals surface area contributed by atoms with Crippen LogP contribution in [0.25, 0.3) is 0 Å². The van der Waals surface area contributed by atoms with Crippen molar-refractivity contribution < 1.29 is 14.5 Å². The molecule has 0 fully saturated rings. The minimum atomic E-state index is -0.149. The zero-order chi connectivity index (χ0) is 13.8. The number of nitrogens with zero attached hydrogens (tertiary/aromatic N) is 1. The normalized spacial score (nSPS) is 10.2. The van der Waals surface area contributed by atoms with E-state index in [0.717, 1.165) is 16.8 Å². The molecule has 0 aliphatic heterocycles. The lowest BCUT2D eigenvalue weighted by Gasteiger charge is -2.10. The average Bonchev–Trinajstić information content (AvgIpc) is 2.34. The van der Waals surface area contributed by atoms with Gasteiger partial charge in [-0.05, 0) is 25.0 Å². The van der Waals surface area contributed by atoms with Crippen LogP contribution in [-0.4, -0.2) is 11.0 Å². The molecule has 0 unspecified atom stereocenters. The Morgan fingerprint density at radius 1 is 1.26 bits per heavy atom. The summed E-state index contributed by atoms with van der Waals surface area (Å²) in [5, 5.41) is 12.2. The van der Waals surface area contributed by atoms with Gasteiger partial charge in [-0.3, -0.25) is 9.36 Å². The van der Waals surface area contributed by atoms with Crippen LogP contribution in [0.3, 0.4) is 0 Å². The van der Waals surface area contributed by atoms with Crippen molar-refractivity contribution in [2.45, 2.75) is 20.4 Å². The third kappa shape index (κ3) is 3.31. The molecule has 1 amide bonds. The highest BCUT2D eigenvalue weighted by molar-refractivity contribution is 5.91. The Labute approximate surface area is 112 Å². The van der Waals surface area contributed by atoms with Crippen molar-refractivity contribution in [3.63, 3.8) is 0 Å². The largest absolute Gasteiger partial charge is 0.528 e. The van der Waals surface area contributed by atoms with Gasteiger partial charge in [0.15, 0.2) is 6.20 Å². The Morgan fingerprint density at radius 2 is 1.95 bits per heavy atom. The maximum atomic E-state index is 12.0. The fourth-order valence-corrected chi connectivity index (χ4v) is 1.90. The number of amides is 1. The quantitative estimate of drug-likeness (QED) is 0.649. The lowest BCUT2D eigenvalue weighted by atomic mass is 10.1. The van der Waals surface area contributed by atoms with E-state index in [4.69, 9.17) is 0 Å². The first-order valence-electron chi connectivity index (χ1n) is 6.03. The molecule has 2 N–H and O–H groups in total. The molecule has 1 aromatic heterocycles. The molecule has 1 aromatic carbocycles. The molecule has 19 heavy (non-hydrogen) atoms. The predicted octanol–water partition coefficient (Wildman–Crippen LogP) is 1.74. The van der Waals surface area contributed by atoms with E-state index in [1.54, 1.807) is 12.3 Å². The first-order valence-corrected chi connectivity index (χ1v) is 6.03. The molecule has 4 nitrogen and oxygen atoms in total. The van der Waals surface area contributed by atoms with Gasteiger partial charge in [0, 0.05) is 5.69 Å². The summed E-state index contributed by atoms with van der Waals surface area (Å²) in [5.41, 5.74) is 2.89. The molecule has 2 rings (SSSR count). The Hall–Kier alpha value is -2.36. The number of nitrogens with one attached hydrogen (secondary N) is 1. The molecule has 0 atom stereocenters. The summed E-state index contributed by atoms with van der Waals surface area (Å²) in [5.74, 6) is -0.133. The number of hydrogen-bond acceptors (Lipinski definition) is 2. The first kappa shape index (κ1) is 13.1. The molecule has 98 valence electrons. The monoisotopic (exact) mass is 256 g/mol. The lowest BCUT2D eigenvalue weighted by Crippen LogP contribution is -2.40. The highest BCUT2D eigenvalue weighted by Crippen LogP contribution is 2.19. The third-order valence-corrected chi connectivity index (χ3v) is 2.84. The smallest absolute Gasteiger partial charge is 0.288 e. The van der Waals surface area contributed by atoms with Gasteiger partial charge in [0.05, 0.1) is 11.9 Å². The van der Waals surface area contributed by atoms with E-state index < -0.39 is 0 Å². The van der Waals surface area contributed by atoms with Gasteiger partial charge in [0.25, 0.3) is 5.91 Å². The highest BCUT2D eigenvalue weighted by Gasteiger charge is 2.10. The Morgan fingerprint density at radius 3 is 2.58 bits per heavy atom. The first-order chi connectivity index (χ1) is 9.06. The number of anilines is 1. The van der Waals surface area contributed by atoms with Crippen LogP contribution in [0.1, 0.15) is 11.1 Å². The summed E-state index contributed by atoms with van der Waals surface area (Å²) in [6, 6.07) is 9.04. The molecule has 0 spiro atoms. The van der Waals surface area contributed by atoms with Crippen LogP contribution in [0.5, 0.6) is 5.75 Å². The fourth-order valence-electron chi connectivity index (χ4n) is 1.90. The zero-order valence-electron chi connectivity index (χ0n) is 11.0. The number of pyridine rings is 1. The van der Waals surface area contributed by atoms with Crippen LogP contribution in [0.4, 0.5) is 5.69 Å². The summed E-state index contributed by atoms with van der Waals surface area (Å²) in [6.07, 6.45) is 4.35. The SMILES string of the molecule is Cc1cccc(C)c1NC(=O)C[n+]1[c-]c(O)ccc1. The second kappa shape index (κ2) is 5.52. The van der Waals surface area contributed by atoms with Gasteiger partial charge in [0.1, 0.15) is 0 Å². The third-order valence-electron chi connectivity index (χ3n) is 2.84. The van der Waals surface area contributed by atoms with Crippen molar-refractivity contribution in [1.82, 2.24) is 0 Å². The molecule has 0 aliphatic rings. The molecule has 2 aromatic rings. The van der Waals surface area contributed by atoms with Crippen molar-refractivity contribution >= 4 is 11.6 Å². The van der Waals surface area contributed by atoms with Gasteiger partial charge in [-0.1, -0.05) is 18.2 Å². The van der Waals surface area contributed by atoms with E-state index in [-0.39, 0.29) is 18.2 Å². The number of hydrogen-bond donors (Lipinski definition) is 2. The second-order valence-corrected chi connectivity index (χ2v) is 4.45. The van der Waals surface area contributed by atoms with Crippen LogP contribution in [0, 0.1) is 20.0 Å². The molecular weight excluding hydrogens is 240 g/mol. The van der Waals surface area contributed by atoms with E-state index in [1.807, 2.05) is 32.0 Å². The minimum absolute atomic E-state index is 0.0161. The standard InChI is InChI=1S/C15H16N2O2/c1-11-5-3-6-12(2)15(11)16-14(19)10-17-8-4-7-13(18)9-17/h3-8,18H,10H2,1-2H3,(H,16,19). The predicted molar refractivity (Wildman–Crippen MR) is 71.7 cm³/mol. The maximum absolute atomic E-state index is 12.0. The lowest BCUT2D eigenvalue weighted by molar-refractivity contribution is -0.688. The van der Waals surface area contributed by atoms with E-state index in [1.165, 1.54) is 10.6 Å². The molecule has 4 heteroatoms. The van der Waals surface area contributed by atoms with Gasteiger partial charge in [-0.25, -0.2) is 0 Å². The molecule has 0 saturated carbocycles. The van der Waals surface area contributed by atoms with E-state index >= 15 is 0 Å². The van der Waals surface area contributed by atoms with Crippen molar-refractivity contribution in [3.8, 4) is 5.75 Å². The number of carbonyl (C=O) groups excluding carboxylic acids is 1. The van der Waals surface area contributed by atoms with Crippen LogP contribution in [0.15, 0.2) is 36.5 Å². The summed E-state index contributed by atoms with van der Waals surface area (Å²) in [4.78, 5) is 12.0. The van der Waals surface area contributed by atoms with Crippen molar-refractivity contribution in [3.05, 3.63) is 53.9 Å². The van der Waals surface area contributed by atoms with Crippen molar-refractivity contribution in [1.29, 1.82) is 0 Å². The van der Waals surface area contributed by atoms with Crippen molar-refractivity contribution in [2.24, 2.45) is 0 Å². The average molecular weight is 256 g/mol.